The first kappa shape index (κ1) is 65.1. The SMILES string of the molecule is CCCCCCCCCCCCCCCCCCOC(=O)NCCCCCCNC(=O)N[C@@H]1CCCC[C@H]1NC(=O)NCCCCCCNC(=O)OCCCCCCCCCCCCCCCCCC. The standard InChI is InChI=1S/C58H114N6O6/c1-3-5-7-9-11-13-15-17-19-21-23-25-27-29-35-43-51-69-57(67)61-49-41-33-31-39-47-59-55(65)63-53-45-37-38-46-54(53)64-56(66)60-48-40-32-34-42-50-62-58(68)70-52-44-36-30-28-26-24-22-20-18-16-14-12-10-8-6-4-2/h53-54H,3-52H2,1-2H3,(H,61,67)(H,62,68)(H2,59,63,65)(H2,60,64,66)/t53-,54-/m1/s1. The van der Waals surface area contributed by atoms with Crippen LogP contribution in [0.25, 0.3) is 0 Å². The summed E-state index contributed by atoms with van der Waals surface area (Å²) in [5, 5.41) is 17.9. The highest BCUT2D eigenvalue weighted by atomic mass is 16.6. The molecular formula is C58H114N6O6. The summed E-state index contributed by atoms with van der Waals surface area (Å²) in [6.07, 6.45) is 53.0. The van der Waals surface area contributed by atoms with Gasteiger partial charge < -0.3 is 41.4 Å². The third-order valence-electron chi connectivity index (χ3n) is 14.2. The lowest BCUT2D eigenvalue weighted by atomic mass is 9.90. The Morgan fingerprint density at radius 1 is 0.314 bits per heavy atom. The van der Waals surface area contributed by atoms with E-state index in [0.717, 1.165) is 103 Å². The molecule has 6 N–H and O–H groups in total. The Kier molecular flexibility index (Phi) is 48.7. The third-order valence-corrected chi connectivity index (χ3v) is 14.2. The summed E-state index contributed by atoms with van der Waals surface area (Å²) in [5.41, 5.74) is 0. The van der Waals surface area contributed by atoms with Crippen LogP contribution in [0.3, 0.4) is 0 Å². The fraction of sp³-hybridized carbons (Fsp3) is 0.931. The molecule has 0 aromatic carbocycles. The zero-order valence-electron chi connectivity index (χ0n) is 46.0. The highest BCUT2D eigenvalue weighted by Gasteiger charge is 2.27. The topological polar surface area (TPSA) is 159 Å². The number of unbranched alkanes of at least 4 members (excludes halogenated alkanes) is 36. The number of hydrogen-bond acceptors (Lipinski definition) is 6. The van der Waals surface area contributed by atoms with E-state index in [2.05, 4.69) is 45.7 Å². The first-order chi connectivity index (χ1) is 34.5. The minimum atomic E-state index is -0.320. The molecule has 0 spiro atoms. The predicted molar refractivity (Wildman–Crippen MR) is 294 cm³/mol. The van der Waals surface area contributed by atoms with Gasteiger partial charge in [0.05, 0.1) is 25.3 Å². The lowest BCUT2D eigenvalue weighted by molar-refractivity contribution is 0.142. The minimum absolute atomic E-state index is 0.0949. The monoisotopic (exact) mass is 991 g/mol. The molecule has 0 radical (unpaired) electrons. The van der Waals surface area contributed by atoms with Crippen molar-refractivity contribution in [3.63, 3.8) is 0 Å². The summed E-state index contributed by atoms with van der Waals surface area (Å²) in [4.78, 5) is 49.4. The second kappa shape index (κ2) is 52.4. The largest absolute Gasteiger partial charge is 0.450 e. The first-order valence-corrected chi connectivity index (χ1v) is 30.4. The molecule has 1 aliphatic rings. The van der Waals surface area contributed by atoms with Gasteiger partial charge in [-0.15, -0.1) is 0 Å². The number of alkyl carbamates (subject to hydrolysis) is 2. The normalized spacial score (nSPS) is 14.5. The van der Waals surface area contributed by atoms with Gasteiger partial charge in [0.2, 0.25) is 0 Å². The Morgan fingerprint density at radius 3 is 0.814 bits per heavy atom. The average molecular weight is 992 g/mol. The van der Waals surface area contributed by atoms with Crippen molar-refractivity contribution in [1.29, 1.82) is 0 Å². The van der Waals surface area contributed by atoms with Gasteiger partial charge in [-0.1, -0.05) is 245 Å². The lowest BCUT2D eigenvalue weighted by Crippen LogP contribution is -2.56. The Balaban J connectivity index is 1.89. The van der Waals surface area contributed by atoms with Gasteiger partial charge in [-0.2, -0.15) is 0 Å². The van der Waals surface area contributed by atoms with Crippen LogP contribution in [-0.4, -0.2) is 75.7 Å². The van der Waals surface area contributed by atoms with E-state index in [1.165, 1.54) is 180 Å². The minimum Gasteiger partial charge on any atom is -0.450 e. The molecule has 6 amide bonds. The van der Waals surface area contributed by atoms with Gasteiger partial charge in [0.25, 0.3) is 0 Å². The fourth-order valence-electron chi connectivity index (χ4n) is 9.64. The lowest BCUT2D eigenvalue weighted by Gasteiger charge is -2.32. The summed E-state index contributed by atoms with van der Waals surface area (Å²) >= 11 is 0. The van der Waals surface area contributed by atoms with Crippen LogP contribution in [0.15, 0.2) is 0 Å². The molecule has 1 fully saturated rings. The van der Waals surface area contributed by atoms with Crippen LogP contribution in [-0.2, 0) is 9.47 Å². The molecule has 0 aliphatic heterocycles. The van der Waals surface area contributed by atoms with E-state index < -0.39 is 0 Å². The van der Waals surface area contributed by atoms with Gasteiger partial charge in [-0.25, -0.2) is 19.2 Å². The maximum atomic E-state index is 12.7. The summed E-state index contributed by atoms with van der Waals surface area (Å²) in [7, 11) is 0. The fourth-order valence-corrected chi connectivity index (χ4v) is 9.64. The molecule has 1 aliphatic carbocycles. The van der Waals surface area contributed by atoms with Crippen LogP contribution in [0.1, 0.15) is 296 Å². The Bertz CT molecular complexity index is 1090. The van der Waals surface area contributed by atoms with Gasteiger partial charge in [-0.3, -0.25) is 0 Å². The average Bonchev–Trinajstić information content (AvgIpc) is 3.35. The number of urea groups is 2. The van der Waals surface area contributed by atoms with Crippen LogP contribution in [0.2, 0.25) is 0 Å². The van der Waals surface area contributed by atoms with Crippen molar-refractivity contribution in [2.75, 3.05) is 39.4 Å². The van der Waals surface area contributed by atoms with E-state index in [1.54, 1.807) is 0 Å². The molecule has 0 heterocycles. The number of nitrogens with one attached hydrogen (secondary N) is 6. The highest BCUT2D eigenvalue weighted by Crippen LogP contribution is 2.19. The summed E-state index contributed by atoms with van der Waals surface area (Å²) in [5.74, 6) is 0. The van der Waals surface area contributed by atoms with Crippen LogP contribution >= 0.6 is 0 Å². The zero-order valence-corrected chi connectivity index (χ0v) is 46.0. The quantitative estimate of drug-likeness (QED) is 0.0333. The van der Waals surface area contributed by atoms with E-state index in [0.29, 0.717) is 39.4 Å². The van der Waals surface area contributed by atoms with Crippen LogP contribution in [0, 0.1) is 0 Å². The Labute approximate surface area is 431 Å². The van der Waals surface area contributed by atoms with Gasteiger partial charge in [0.15, 0.2) is 0 Å². The van der Waals surface area contributed by atoms with E-state index >= 15 is 0 Å². The second-order valence-corrected chi connectivity index (χ2v) is 20.9. The Morgan fingerprint density at radius 2 is 0.543 bits per heavy atom. The summed E-state index contributed by atoms with van der Waals surface area (Å²) < 4.78 is 10.7. The molecule has 0 aromatic rings. The van der Waals surface area contributed by atoms with Crippen LogP contribution in [0.4, 0.5) is 19.2 Å². The maximum Gasteiger partial charge on any atom is 0.407 e. The molecule has 1 saturated carbocycles. The number of amides is 6. The number of rotatable bonds is 50. The van der Waals surface area contributed by atoms with E-state index in [-0.39, 0.29) is 36.3 Å². The molecule has 0 aromatic heterocycles. The molecule has 0 bridgehead atoms. The van der Waals surface area contributed by atoms with Crippen LogP contribution < -0.4 is 31.9 Å². The number of carbonyl (C=O) groups excluding carboxylic acids is 4. The van der Waals surface area contributed by atoms with Gasteiger partial charge >= 0.3 is 24.2 Å². The molecular weight excluding hydrogens is 877 g/mol. The van der Waals surface area contributed by atoms with Crippen LogP contribution in [0.5, 0.6) is 0 Å². The molecule has 1 rings (SSSR count). The van der Waals surface area contributed by atoms with Crippen molar-refractivity contribution < 1.29 is 28.7 Å². The summed E-state index contributed by atoms with van der Waals surface area (Å²) in [6.45, 7) is 7.92. The van der Waals surface area contributed by atoms with Gasteiger partial charge in [0.1, 0.15) is 0 Å². The van der Waals surface area contributed by atoms with E-state index in [9.17, 15) is 19.2 Å². The molecule has 0 unspecified atom stereocenters. The molecule has 12 nitrogen and oxygen atoms in total. The molecule has 0 saturated heterocycles. The first-order valence-electron chi connectivity index (χ1n) is 30.4. The molecule has 412 valence electrons. The molecule has 2 atom stereocenters. The Hall–Kier alpha value is -2.92. The van der Waals surface area contributed by atoms with Crippen molar-refractivity contribution in [2.24, 2.45) is 0 Å². The number of hydrogen-bond donors (Lipinski definition) is 6. The van der Waals surface area contributed by atoms with Crippen molar-refractivity contribution in [1.82, 2.24) is 31.9 Å². The second-order valence-electron chi connectivity index (χ2n) is 20.9. The maximum absolute atomic E-state index is 12.7. The zero-order chi connectivity index (χ0) is 50.5. The predicted octanol–water partition coefficient (Wildman–Crippen LogP) is 16.0. The van der Waals surface area contributed by atoms with Gasteiger partial charge in [-0.05, 0) is 51.4 Å². The van der Waals surface area contributed by atoms with Crippen molar-refractivity contribution in [2.45, 2.75) is 308 Å². The highest BCUT2D eigenvalue weighted by molar-refractivity contribution is 5.76. The van der Waals surface area contributed by atoms with Crippen molar-refractivity contribution >= 4 is 24.2 Å². The number of ether oxygens (including phenoxy) is 2. The van der Waals surface area contributed by atoms with Crippen molar-refractivity contribution in [3.05, 3.63) is 0 Å². The third kappa shape index (κ3) is 46.2. The van der Waals surface area contributed by atoms with E-state index in [1.807, 2.05) is 0 Å². The molecule has 12 heteroatoms. The van der Waals surface area contributed by atoms with Gasteiger partial charge in [0, 0.05) is 26.2 Å². The number of carbonyl (C=O) groups is 4. The van der Waals surface area contributed by atoms with E-state index in [4.69, 9.17) is 9.47 Å². The summed E-state index contributed by atoms with van der Waals surface area (Å²) in [6, 6.07) is -0.568. The van der Waals surface area contributed by atoms with Crippen molar-refractivity contribution in [3.8, 4) is 0 Å². The molecule has 70 heavy (non-hydrogen) atoms. The smallest absolute Gasteiger partial charge is 0.407 e.